The first-order chi connectivity index (χ1) is 8.92. The minimum Gasteiger partial charge on any atom is -0.382 e. The third-order valence-corrected chi connectivity index (χ3v) is 4.36. The van der Waals surface area contributed by atoms with Crippen molar-refractivity contribution in [2.75, 3.05) is 0 Å². The average molecular weight is 260 g/mol. The molecule has 0 unspecified atom stereocenters. The monoisotopic (exact) mass is 260 g/mol. The zero-order chi connectivity index (χ0) is 14.0. The lowest BCUT2D eigenvalue weighted by Gasteiger charge is -2.33. The topological polar surface area (TPSA) is 37.3 Å². The summed E-state index contributed by atoms with van der Waals surface area (Å²) in [6.45, 7) is 6.45. The van der Waals surface area contributed by atoms with E-state index in [0.717, 1.165) is 12.8 Å². The predicted octanol–water partition coefficient (Wildman–Crippen LogP) is 3.93. The van der Waals surface area contributed by atoms with E-state index in [1.54, 1.807) is 0 Å². The second kappa shape index (κ2) is 5.46. The van der Waals surface area contributed by atoms with Crippen LogP contribution in [0.2, 0.25) is 0 Å². The summed E-state index contributed by atoms with van der Waals surface area (Å²) in [5.41, 5.74) is 0.730. The molecule has 104 valence electrons. The van der Waals surface area contributed by atoms with Gasteiger partial charge in [0, 0.05) is 5.56 Å². The molecule has 2 heteroatoms. The second-order valence-electron chi connectivity index (χ2n) is 6.32. The van der Waals surface area contributed by atoms with E-state index in [-0.39, 0.29) is 5.78 Å². The Hall–Kier alpha value is -1.15. The van der Waals surface area contributed by atoms with Gasteiger partial charge in [-0.2, -0.15) is 0 Å². The fourth-order valence-corrected chi connectivity index (χ4v) is 2.75. The molecule has 1 aromatic rings. The van der Waals surface area contributed by atoms with Crippen LogP contribution >= 0.6 is 0 Å². The summed E-state index contributed by atoms with van der Waals surface area (Å²) in [5, 5.41) is 10.5. The molecule has 0 atom stereocenters. The summed E-state index contributed by atoms with van der Waals surface area (Å²) in [7, 11) is 0. The van der Waals surface area contributed by atoms with Crippen LogP contribution in [0, 0.1) is 5.92 Å². The fraction of sp³-hybridized carbons (Fsp3) is 0.588. The minimum atomic E-state index is -1.13. The van der Waals surface area contributed by atoms with Crippen LogP contribution in [-0.2, 0) is 0 Å². The normalized spacial score (nSPS) is 27.5. The average Bonchev–Trinajstić information content (AvgIpc) is 2.41. The van der Waals surface area contributed by atoms with Crippen LogP contribution in [0.5, 0.6) is 0 Å². The lowest BCUT2D eigenvalue weighted by atomic mass is 9.75. The van der Waals surface area contributed by atoms with Gasteiger partial charge in [0.05, 0.1) is 0 Å². The van der Waals surface area contributed by atoms with E-state index in [4.69, 9.17) is 0 Å². The number of benzene rings is 1. The molecule has 0 radical (unpaired) electrons. The number of carbonyl (C=O) groups excluding carboxylic acids is 1. The molecule has 1 aromatic carbocycles. The molecular formula is C17H24O2. The van der Waals surface area contributed by atoms with E-state index >= 15 is 0 Å². The number of hydrogen-bond acceptors (Lipinski definition) is 2. The zero-order valence-corrected chi connectivity index (χ0v) is 12.1. The maximum atomic E-state index is 12.5. The van der Waals surface area contributed by atoms with Gasteiger partial charge in [0.25, 0.3) is 0 Å². The van der Waals surface area contributed by atoms with E-state index in [1.807, 2.05) is 24.3 Å². The quantitative estimate of drug-likeness (QED) is 0.836. The smallest absolute Gasteiger partial charge is 0.194 e. The summed E-state index contributed by atoms with van der Waals surface area (Å²) in [4.78, 5) is 12.5. The maximum absolute atomic E-state index is 12.5. The van der Waals surface area contributed by atoms with Crippen LogP contribution in [0.3, 0.4) is 0 Å². The van der Waals surface area contributed by atoms with Crippen molar-refractivity contribution in [3.8, 4) is 0 Å². The highest BCUT2D eigenvalue weighted by atomic mass is 16.3. The Labute approximate surface area is 115 Å². The van der Waals surface area contributed by atoms with Crippen molar-refractivity contribution in [2.24, 2.45) is 5.92 Å². The summed E-state index contributed by atoms with van der Waals surface area (Å²) < 4.78 is 0. The molecule has 2 rings (SSSR count). The van der Waals surface area contributed by atoms with Crippen LogP contribution in [0.1, 0.15) is 68.3 Å². The van der Waals surface area contributed by atoms with Crippen LogP contribution in [0.4, 0.5) is 0 Å². The van der Waals surface area contributed by atoms with Crippen LogP contribution in [-0.4, -0.2) is 16.5 Å². The largest absolute Gasteiger partial charge is 0.382 e. The van der Waals surface area contributed by atoms with Gasteiger partial charge in [0.2, 0.25) is 0 Å². The van der Waals surface area contributed by atoms with Gasteiger partial charge in [-0.05, 0) is 43.1 Å². The van der Waals surface area contributed by atoms with Gasteiger partial charge in [-0.3, -0.25) is 4.79 Å². The highest BCUT2D eigenvalue weighted by Gasteiger charge is 2.39. The molecule has 19 heavy (non-hydrogen) atoms. The molecule has 1 fully saturated rings. The van der Waals surface area contributed by atoms with Crippen LogP contribution in [0.15, 0.2) is 24.3 Å². The van der Waals surface area contributed by atoms with E-state index in [1.165, 1.54) is 5.56 Å². The minimum absolute atomic E-state index is 0.102. The molecule has 2 nitrogen and oxygen atoms in total. The molecule has 0 saturated heterocycles. The van der Waals surface area contributed by atoms with Crippen molar-refractivity contribution in [1.29, 1.82) is 0 Å². The van der Waals surface area contributed by atoms with Crippen molar-refractivity contribution < 1.29 is 9.90 Å². The van der Waals surface area contributed by atoms with Gasteiger partial charge in [-0.1, -0.05) is 45.0 Å². The Morgan fingerprint density at radius 1 is 1.21 bits per heavy atom. The molecule has 0 heterocycles. The fourth-order valence-electron chi connectivity index (χ4n) is 2.75. The van der Waals surface area contributed by atoms with Gasteiger partial charge >= 0.3 is 0 Å². The number of ketones is 1. The summed E-state index contributed by atoms with van der Waals surface area (Å²) in [6, 6.07) is 7.70. The Morgan fingerprint density at radius 3 is 2.21 bits per heavy atom. The molecule has 0 spiro atoms. The standard InChI is InChI=1S/C17H24O2/c1-12(2)14-4-6-15(7-5-14)16(18)17(19)10-8-13(3)9-11-17/h4-7,12-13,19H,8-11H2,1-3H3. The summed E-state index contributed by atoms with van der Waals surface area (Å²) in [5.74, 6) is 0.980. The molecule has 1 N–H and O–H groups in total. The van der Waals surface area contributed by atoms with Gasteiger partial charge in [-0.15, -0.1) is 0 Å². The molecule has 1 aliphatic carbocycles. The Balaban J connectivity index is 2.15. The van der Waals surface area contributed by atoms with Crippen LogP contribution in [0.25, 0.3) is 0 Å². The van der Waals surface area contributed by atoms with Crippen molar-refractivity contribution in [1.82, 2.24) is 0 Å². The molecule has 0 bridgehead atoms. The number of carbonyl (C=O) groups is 1. The molecular weight excluding hydrogens is 236 g/mol. The second-order valence-corrected chi connectivity index (χ2v) is 6.32. The van der Waals surface area contributed by atoms with E-state index < -0.39 is 5.60 Å². The van der Waals surface area contributed by atoms with E-state index in [2.05, 4.69) is 20.8 Å². The van der Waals surface area contributed by atoms with Gasteiger partial charge in [-0.25, -0.2) is 0 Å². The molecule has 1 aliphatic rings. The van der Waals surface area contributed by atoms with Crippen molar-refractivity contribution in [3.05, 3.63) is 35.4 Å². The highest BCUT2D eigenvalue weighted by molar-refractivity contribution is 6.02. The van der Waals surface area contributed by atoms with E-state index in [9.17, 15) is 9.90 Å². The predicted molar refractivity (Wildman–Crippen MR) is 77.4 cm³/mol. The van der Waals surface area contributed by atoms with Gasteiger partial charge in [0.15, 0.2) is 5.78 Å². The van der Waals surface area contributed by atoms with Gasteiger partial charge in [0.1, 0.15) is 5.60 Å². The zero-order valence-electron chi connectivity index (χ0n) is 12.1. The first-order valence-corrected chi connectivity index (χ1v) is 7.29. The summed E-state index contributed by atoms with van der Waals surface area (Å²) in [6.07, 6.45) is 3.07. The Kier molecular flexibility index (Phi) is 4.10. The molecule has 1 saturated carbocycles. The summed E-state index contributed by atoms with van der Waals surface area (Å²) >= 11 is 0. The number of aliphatic hydroxyl groups is 1. The third kappa shape index (κ3) is 3.06. The first kappa shape index (κ1) is 14.3. The first-order valence-electron chi connectivity index (χ1n) is 7.29. The molecule has 0 amide bonds. The van der Waals surface area contributed by atoms with Crippen LogP contribution < -0.4 is 0 Å². The lowest BCUT2D eigenvalue weighted by molar-refractivity contribution is 0.00426. The molecule has 0 aliphatic heterocycles. The van der Waals surface area contributed by atoms with Gasteiger partial charge < -0.3 is 5.11 Å². The SMILES string of the molecule is CC1CCC(O)(C(=O)c2ccc(C(C)C)cc2)CC1. The number of rotatable bonds is 3. The number of hydrogen-bond donors (Lipinski definition) is 1. The third-order valence-electron chi connectivity index (χ3n) is 4.36. The van der Waals surface area contributed by atoms with Crippen molar-refractivity contribution in [2.45, 2.75) is 58.0 Å². The lowest BCUT2D eigenvalue weighted by Crippen LogP contribution is -2.41. The number of Topliss-reactive ketones (excluding diaryl/α,β-unsaturated/α-hetero) is 1. The Morgan fingerprint density at radius 2 is 1.74 bits per heavy atom. The highest BCUT2D eigenvalue weighted by Crippen LogP contribution is 2.34. The Bertz CT molecular complexity index is 437. The molecule has 0 aromatic heterocycles. The van der Waals surface area contributed by atoms with Crippen molar-refractivity contribution in [3.63, 3.8) is 0 Å². The maximum Gasteiger partial charge on any atom is 0.194 e. The van der Waals surface area contributed by atoms with Crippen molar-refractivity contribution >= 4 is 5.78 Å². The van der Waals surface area contributed by atoms with E-state index in [0.29, 0.717) is 30.2 Å².